The van der Waals surface area contributed by atoms with Gasteiger partial charge in [0.2, 0.25) is 5.95 Å². The fraction of sp³-hybridized carbons (Fsp3) is 0.333. The van der Waals surface area contributed by atoms with E-state index in [1.165, 1.54) is 25.3 Å². The normalized spacial score (nSPS) is 18.6. The summed E-state index contributed by atoms with van der Waals surface area (Å²) in [6, 6.07) is 4.52. The molecule has 18 heavy (non-hydrogen) atoms. The number of H-pyrrole nitrogens is 1. The average molecular weight is 272 g/mol. The number of amides is 1. The third-order valence-corrected chi connectivity index (χ3v) is 2.77. The number of fused-ring (bicyclic) bond motifs is 1. The maximum Gasteiger partial charge on any atom is 0.413 e. The second kappa shape index (κ2) is 5.77. The van der Waals surface area contributed by atoms with Crippen LogP contribution in [0.2, 0.25) is 0 Å². The first-order valence-electron chi connectivity index (χ1n) is 8.41. The van der Waals surface area contributed by atoms with E-state index in [4.69, 9.17) is 9.60 Å². The zero-order chi connectivity index (χ0) is 19.0. The van der Waals surface area contributed by atoms with Gasteiger partial charge in [0.25, 0.3) is 0 Å². The third kappa shape index (κ3) is 2.95. The lowest BCUT2D eigenvalue weighted by Crippen LogP contribution is -2.11. The Labute approximate surface area is 119 Å². The zero-order valence-corrected chi connectivity index (χ0v) is 10.2. The summed E-state index contributed by atoms with van der Waals surface area (Å²) in [5.41, 5.74) is -1.75. The van der Waals surface area contributed by atoms with Crippen LogP contribution in [-0.4, -0.2) is 28.9 Å². The highest BCUT2D eigenvalue weighted by Crippen LogP contribution is 2.23. The van der Waals surface area contributed by atoms with E-state index in [-0.39, 0.29) is 5.95 Å². The van der Waals surface area contributed by atoms with Gasteiger partial charge in [0.05, 0.1) is 18.1 Å². The molecule has 0 radical (unpaired) electrons. The highest BCUT2D eigenvalue weighted by Gasteiger charge is 2.07. The van der Waals surface area contributed by atoms with Gasteiger partial charge in [0.1, 0.15) is 0 Å². The van der Waals surface area contributed by atoms with Crippen molar-refractivity contribution in [1.82, 2.24) is 9.97 Å². The van der Waals surface area contributed by atoms with Crippen molar-refractivity contribution >= 4 is 34.8 Å². The minimum atomic E-state index is -3.11. The number of carbonyl (C=O) groups excluding carboxylic acids is 1. The van der Waals surface area contributed by atoms with Gasteiger partial charge in [0.15, 0.2) is 0 Å². The molecule has 0 saturated heterocycles. The van der Waals surface area contributed by atoms with Gasteiger partial charge in [-0.2, -0.15) is 0 Å². The van der Waals surface area contributed by atoms with E-state index in [0.717, 1.165) is 0 Å². The molecule has 0 spiro atoms. The van der Waals surface area contributed by atoms with E-state index in [9.17, 15) is 4.79 Å². The molecular formula is C12H15N3O2S. The Morgan fingerprint density at radius 1 is 1.72 bits per heavy atom. The quantitative estimate of drug-likeness (QED) is 0.838. The van der Waals surface area contributed by atoms with E-state index < -0.39 is 25.0 Å². The highest BCUT2D eigenvalue weighted by molar-refractivity contribution is 7.99. The minimum absolute atomic E-state index is 0.129. The summed E-state index contributed by atoms with van der Waals surface area (Å²) in [4.78, 5) is 18.4. The van der Waals surface area contributed by atoms with Gasteiger partial charge in [-0.15, -0.1) is 11.8 Å². The van der Waals surface area contributed by atoms with Crippen molar-refractivity contribution in [2.24, 2.45) is 0 Å². The summed E-state index contributed by atoms with van der Waals surface area (Å²) in [6.07, 6.45) is -3.76. The van der Waals surface area contributed by atoms with Gasteiger partial charge in [-0.25, -0.2) is 9.78 Å². The number of hydrogen-bond donors (Lipinski definition) is 2. The van der Waals surface area contributed by atoms with E-state index in [0.29, 0.717) is 27.7 Å². The van der Waals surface area contributed by atoms with Crippen LogP contribution < -0.4 is 5.32 Å². The number of benzene rings is 1. The molecule has 2 rings (SSSR count). The maximum atomic E-state index is 11.2. The number of methoxy groups -OCH3 is 1. The standard InChI is InChI=1S/C12H15N3O2S/c1-3-6-18-8-4-5-9-10(7-8)14-11(13-9)15-12(16)17-2/h4-5,7H,3,6H2,1-2H3,(H2,13,14,15,16)/i1D3,3D2,6D2. The number of nitrogens with one attached hydrogen (secondary N) is 2. The number of thioether (sulfide) groups is 1. The summed E-state index contributed by atoms with van der Waals surface area (Å²) in [5.74, 6) is 0.129. The summed E-state index contributed by atoms with van der Waals surface area (Å²) in [6.45, 7) is -3.11. The Bertz CT molecular complexity index is 791. The molecule has 0 bridgehead atoms. The average Bonchev–Trinajstić information content (AvgIpc) is 2.86. The van der Waals surface area contributed by atoms with Crippen molar-refractivity contribution in [1.29, 1.82) is 0 Å². The van der Waals surface area contributed by atoms with Crippen molar-refractivity contribution in [3.8, 4) is 0 Å². The predicted octanol–water partition coefficient (Wildman–Crippen LogP) is 3.24. The maximum absolute atomic E-state index is 11.2. The van der Waals surface area contributed by atoms with E-state index >= 15 is 0 Å². The van der Waals surface area contributed by atoms with E-state index in [2.05, 4.69) is 20.0 Å². The number of aromatic amines is 1. The van der Waals surface area contributed by atoms with Crippen LogP contribution in [-0.2, 0) is 4.74 Å². The molecule has 5 nitrogen and oxygen atoms in total. The van der Waals surface area contributed by atoms with Crippen LogP contribution >= 0.6 is 11.8 Å². The summed E-state index contributed by atoms with van der Waals surface area (Å²) < 4.78 is 57.0. The molecule has 1 aromatic carbocycles. The van der Waals surface area contributed by atoms with Gasteiger partial charge in [0, 0.05) is 14.5 Å². The van der Waals surface area contributed by atoms with Gasteiger partial charge in [-0.05, 0) is 30.3 Å². The Hall–Kier alpha value is -1.69. The second-order valence-electron chi connectivity index (χ2n) is 3.21. The molecule has 0 aliphatic carbocycles. The smallest absolute Gasteiger partial charge is 0.413 e. The van der Waals surface area contributed by atoms with Gasteiger partial charge >= 0.3 is 6.09 Å². The van der Waals surface area contributed by atoms with Crippen LogP contribution in [0, 0.1) is 0 Å². The van der Waals surface area contributed by atoms with Crippen LogP contribution in [0.4, 0.5) is 10.7 Å². The summed E-state index contributed by atoms with van der Waals surface area (Å²) in [7, 11) is 1.20. The number of aromatic nitrogens is 2. The minimum Gasteiger partial charge on any atom is -0.453 e. The highest BCUT2D eigenvalue weighted by atomic mass is 32.2. The molecule has 0 aliphatic heterocycles. The van der Waals surface area contributed by atoms with Crippen molar-refractivity contribution in [3.05, 3.63) is 18.2 Å². The number of anilines is 1. The number of hydrogen-bond acceptors (Lipinski definition) is 4. The molecule has 0 atom stereocenters. The Morgan fingerprint density at radius 2 is 2.61 bits per heavy atom. The number of imidazole rings is 1. The molecule has 2 N–H and O–H groups in total. The molecule has 2 aromatic rings. The Balaban J connectivity index is 2.28. The Morgan fingerprint density at radius 3 is 3.39 bits per heavy atom. The number of carbonyl (C=O) groups is 1. The molecule has 96 valence electrons. The molecule has 0 fully saturated rings. The van der Waals surface area contributed by atoms with E-state index in [1.54, 1.807) is 0 Å². The first-order valence-corrected chi connectivity index (χ1v) is 5.73. The van der Waals surface area contributed by atoms with Crippen molar-refractivity contribution in [2.75, 3.05) is 18.1 Å². The van der Waals surface area contributed by atoms with Crippen molar-refractivity contribution in [2.45, 2.75) is 18.1 Å². The van der Waals surface area contributed by atoms with Gasteiger partial charge in [-0.1, -0.05) is 6.85 Å². The zero-order valence-electron chi connectivity index (χ0n) is 16.4. The molecular weight excluding hydrogens is 250 g/mol. The van der Waals surface area contributed by atoms with E-state index in [1.807, 2.05) is 0 Å². The Kier molecular flexibility index (Phi) is 2.07. The van der Waals surface area contributed by atoms with Crippen LogP contribution in [0.5, 0.6) is 0 Å². The predicted molar refractivity (Wildman–Crippen MR) is 73.1 cm³/mol. The number of ether oxygens (including phenoxy) is 1. The fourth-order valence-electron chi connectivity index (χ4n) is 1.34. The van der Waals surface area contributed by atoms with Gasteiger partial charge in [-0.3, -0.25) is 5.32 Å². The lowest BCUT2D eigenvalue weighted by molar-refractivity contribution is 0.186. The summed E-state index contributed by atoms with van der Waals surface area (Å²) >= 11 is 0.461. The largest absolute Gasteiger partial charge is 0.453 e. The molecule has 0 aliphatic rings. The monoisotopic (exact) mass is 272 g/mol. The number of rotatable bonds is 4. The molecule has 1 heterocycles. The van der Waals surface area contributed by atoms with Crippen LogP contribution in [0.3, 0.4) is 0 Å². The lowest BCUT2D eigenvalue weighted by Gasteiger charge is -1.98. The second-order valence-corrected chi connectivity index (χ2v) is 4.09. The fourth-order valence-corrected chi connectivity index (χ4v) is 1.83. The first-order chi connectivity index (χ1) is 11.4. The molecule has 1 amide bonds. The molecule has 0 unspecified atom stereocenters. The van der Waals surface area contributed by atoms with Crippen LogP contribution in [0.1, 0.15) is 22.8 Å². The number of nitrogens with zero attached hydrogens (tertiary/aromatic N) is 1. The van der Waals surface area contributed by atoms with Crippen LogP contribution in [0.25, 0.3) is 11.0 Å². The molecule has 6 heteroatoms. The SMILES string of the molecule is [2H]C([2H])([2H])C([2H])([2H])C([2H])([2H])Sc1ccc2nc(NC(=O)OC)[nH]c2c1. The van der Waals surface area contributed by atoms with Crippen LogP contribution in [0.15, 0.2) is 23.1 Å². The first kappa shape index (κ1) is 6.47. The summed E-state index contributed by atoms with van der Waals surface area (Å²) in [5, 5.41) is 2.35. The molecule has 0 saturated carbocycles. The molecule has 1 aromatic heterocycles. The van der Waals surface area contributed by atoms with Gasteiger partial charge < -0.3 is 9.72 Å². The topological polar surface area (TPSA) is 67.0 Å². The van der Waals surface area contributed by atoms with Crippen molar-refractivity contribution < 1.29 is 19.1 Å². The van der Waals surface area contributed by atoms with Crippen molar-refractivity contribution in [3.63, 3.8) is 0 Å². The third-order valence-electron chi connectivity index (χ3n) is 2.08. The lowest BCUT2D eigenvalue weighted by atomic mass is 10.3.